The Morgan fingerprint density at radius 2 is 1.64 bits per heavy atom. The summed E-state index contributed by atoms with van der Waals surface area (Å²) in [5.74, 6) is 0. The average molecular weight is 332 g/mol. The number of allylic oxidation sites excluding steroid dienone is 2. The van der Waals surface area contributed by atoms with E-state index >= 15 is 0 Å². The second-order valence-electron chi connectivity index (χ2n) is 5.68. The highest BCUT2D eigenvalue weighted by atomic mass is 16.6. The Kier molecular flexibility index (Phi) is 4.48. The fourth-order valence-electron chi connectivity index (χ4n) is 2.69. The summed E-state index contributed by atoms with van der Waals surface area (Å²) in [5.41, 5.74) is 0.798. The quantitative estimate of drug-likeness (QED) is 0.492. The van der Waals surface area contributed by atoms with E-state index in [9.17, 15) is 15.4 Å². The van der Waals surface area contributed by atoms with Crippen LogP contribution in [0.5, 0.6) is 0 Å². The van der Waals surface area contributed by atoms with Gasteiger partial charge in [-0.05, 0) is 30.3 Å². The molecule has 6 heteroatoms. The smallest absolute Gasteiger partial charge is 0.318 e. The van der Waals surface area contributed by atoms with Crippen LogP contribution in [0.25, 0.3) is 0 Å². The van der Waals surface area contributed by atoms with Crippen LogP contribution in [-0.4, -0.2) is 10.6 Å². The van der Waals surface area contributed by atoms with Crippen molar-refractivity contribution in [3.8, 4) is 6.07 Å². The molecule has 2 N–H and O–H groups in total. The predicted octanol–water partition coefficient (Wildman–Crippen LogP) is 3.92. The molecule has 0 amide bonds. The van der Waals surface area contributed by atoms with E-state index in [1.54, 1.807) is 12.1 Å². The number of rotatable bonds is 5. The van der Waals surface area contributed by atoms with E-state index in [0.717, 1.165) is 5.69 Å². The van der Waals surface area contributed by atoms with Crippen molar-refractivity contribution in [3.05, 3.63) is 94.2 Å². The number of nitro groups is 1. The number of nitrogens with zero attached hydrogens (tertiary/aromatic N) is 2. The van der Waals surface area contributed by atoms with E-state index in [1.165, 1.54) is 12.2 Å². The van der Waals surface area contributed by atoms with E-state index in [2.05, 4.69) is 16.7 Å². The second kappa shape index (κ2) is 6.89. The molecule has 0 fully saturated rings. The Morgan fingerprint density at radius 1 is 1.04 bits per heavy atom. The number of hydrogen-bond acceptors (Lipinski definition) is 5. The summed E-state index contributed by atoms with van der Waals surface area (Å²) in [6.07, 6.45) is 2.96. The molecule has 0 heterocycles. The third kappa shape index (κ3) is 3.51. The van der Waals surface area contributed by atoms with Crippen LogP contribution in [0.1, 0.15) is 6.42 Å². The van der Waals surface area contributed by atoms with Gasteiger partial charge in [0.2, 0.25) is 0 Å². The minimum absolute atomic E-state index is 0.0309. The topological polar surface area (TPSA) is 91.0 Å². The molecule has 0 aromatic heterocycles. The Bertz CT molecular complexity index is 869. The highest BCUT2D eigenvalue weighted by molar-refractivity contribution is 5.57. The number of nitrogens with one attached hydrogen (secondary N) is 2. The monoisotopic (exact) mass is 332 g/mol. The van der Waals surface area contributed by atoms with Gasteiger partial charge in [0.1, 0.15) is 6.07 Å². The van der Waals surface area contributed by atoms with Crippen LogP contribution in [0, 0.1) is 21.4 Å². The van der Waals surface area contributed by atoms with Crippen molar-refractivity contribution in [3.63, 3.8) is 0 Å². The summed E-state index contributed by atoms with van der Waals surface area (Å²) in [7, 11) is 0. The van der Waals surface area contributed by atoms with Gasteiger partial charge in [-0.2, -0.15) is 5.26 Å². The van der Waals surface area contributed by atoms with Gasteiger partial charge in [0.05, 0.1) is 16.9 Å². The lowest BCUT2D eigenvalue weighted by Gasteiger charge is -2.28. The first kappa shape index (κ1) is 16.3. The summed E-state index contributed by atoms with van der Waals surface area (Å²) in [6, 6.07) is 20.4. The first-order chi connectivity index (χ1) is 12.1. The molecule has 0 radical (unpaired) electrons. The minimum atomic E-state index is -1.52. The van der Waals surface area contributed by atoms with Crippen LogP contribution in [0.15, 0.2) is 84.1 Å². The zero-order chi connectivity index (χ0) is 17.7. The Morgan fingerprint density at radius 3 is 2.20 bits per heavy atom. The van der Waals surface area contributed by atoms with Gasteiger partial charge in [0.15, 0.2) is 0 Å². The number of anilines is 2. The SMILES string of the molecule is N#CC1=C(Nc2ccccc2)CC(Nc2ccccc2)([N+](=O)[O-])C=C1. The van der Waals surface area contributed by atoms with Gasteiger partial charge in [-0.1, -0.05) is 36.4 Å². The van der Waals surface area contributed by atoms with Crippen LogP contribution in [0.2, 0.25) is 0 Å². The van der Waals surface area contributed by atoms with Crippen molar-refractivity contribution < 1.29 is 4.92 Å². The van der Waals surface area contributed by atoms with Crippen molar-refractivity contribution in [2.45, 2.75) is 12.1 Å². The number of benzene rings is 2. The first-order valence-corrected chi connectivity index (χ1v) is 7.75. The molecule has 25 heavy (non-hydrogen) atoms. The maximum absolute atomic E-state index is 11.8. The lowest BCUT2D eigenvalue weighted by atomic mass is 9.93. The van der Waals surface area contributed by atoms with Crippen LogP contribution in [0.4, 0.5) is 11.4 Å². The largest absolute Gasteiger partial charge is 0.358 e. The van der Waals surface area contributed by atoms with Crippen molar-refractivity contribution in [1.29, 1.82) is 5.26 Å². The highest BCUT2D eigenvalue weighted by Crippen LogP contribution is 2.31. The average Bonchev–Trinajstić information content (AvgIpc) is 2.63. The zero-order valence-electron chi connectivity index (χ0n) is 13.3. The molecule has 1 aliphatic rings. The number of hydrogen-bond donors (Lipinski definition) is 2. The summed E-state index contributed by atoms with van der Waals surface area (Å²) < 4.78 is 0. The molecule has 0 saturated heterocycles. The molecule has 0 bridgehead atoms. The molecular weight excluding hydrogens is 316 g/mol. The van der Waals surface area contributed by atoms with Gasteiger partial charge in [-0.15, -0.1) is 0 Å². The molecule has 0 aliphatic heterocycles. The fraction of sp³-hybridized carbons (Fsp3) is 0.105. The van der Waals surface area contributed by atoms with Crippen molar-refractivity contribution in [1.82, 2.24) is 0 Å². The number of nitriles is 1. The fourth-order valence-corrected chi connectivity index (χ4v) is 2.69. The second-order valence-corrected chi connectivity index (χ2v) is 5.68. The van der Waals surface area contributed by atoms with Gasteiger partial charge in [0, 0.05) is 23.1 Å². The molecule has 0 spiro atoms. The van der Waals surface area contributed by atoms with Gasteiger partial charge in [-0.3, -0.25) is 10.1 Å². The minimum Gasteiger partial charge on any atom is -0.358 e. The van der Waals surface area contributed by atoms with Crippen LogP contribution >= 0.6 is 0 Å². The molecule has 6 nitrogen and oxygen atoms in total. The Labute approximate surface area is 145 Å². The lowest BCUT2D eigenvalue weighted by molar-refractivity contribution is -0.546. The van der Waals surface area contributed by atoms with Crippen LogP contribution < -0.4 is 10.6 Å². The maximum atomic E-state index is 11.8. The van der Waals surface area contributed by atoms with Gasteiger partial charge < -0.3 is 10.6 Å². The molecule has 2 aromatic carbocycles. The summed E-state index contributed by atoms with van der Waals surface area (Å²) in [6.45, 7) is 0. The van der Waals surface area contributed by atoms with Crippen LogP contribution in [0.3, 0.4) is 0 Å². The van der Waals surface area contributed by atoms with Crippen molar-refractivity contribution in [2.24, 2.45) is 0 Å². The molecule has 124 valence electrons. The third-order valence-corrected chi connectivity index (χ3v) is 3.95. The predicted molar refractivity (Wildman–Crippen MR) is 96.3 cm³/mol. The zero-order valence-corrected chi connectivity index (χ0v) is 13.3. The van der Waals surface area contributed by atoms with Crippen molar-refractivity contribution in [2.75, 3.05) is 10.6 Å². The summed E-state index contributed by atoms with van der Waals surface area (Å²) >= 11 is 0. The molecule has 1 unspecified atom stereocenters. The van der Waals surface area contributed by atoms with E-state index in [0.29, 0.717) is 17.0 Å². The molecule has 1 aliphatic carbocycles. The molecular formula is C19H16N4O2. The van der Waals surface area contributed by atoms with Gasteiger partial charge in [-0.25, -0.2) is 0 Å². The Balaban J connectivity index is 1.93. The molecule has 1 atom stereocenters. The van der Waals surface area contributed by atoms with E-state index in [-0.39, 0.29) is 11.3 Å². The van der Waals surface area contributed by atoms with Crippen molar-refractivity contribution >= 4 is 11.4 Å². The molecule has 3 rings (SSSR count). The van der Waals surface area contributed by atoms with E-state index < -0.39 is 5.66 Å². The van der Waals surface area contributed by atoms with Gasteiger partial charge in [0.25, 0.3) is 0 Å². The van der Waals surface area contributed by atoms with Gasteiger partial charge >= 0.3 is 5.66 Å². The number of para-hydroxylation sites is 2. The Hall–Kier alpha value is -3.59. The third-order valence-electron chi connectivity index (χ3n) is 3.95. The van der Waals surface area contributed by atoms with E-state index in [1.807, 2.05) is 48.5 Å². The molecule has 0 saturated carbocycles. The first-order valence-electron chi connectivity index (χ1n) is 7.75. The molecule has 2 aromatic rings. The van der Waals surface area contributed by atoms with E-state index in [4.69, 9.17) is 0 Å². The van der Waals surface area contributed by atoms with Crippen LogP contribution in [-0.2, 0) is 0 Å². The normalized spacial score (nSPS) is 19.2. The summed E-state index contributed by atoms with van der Waals surface area (Å²) in [5, 5.41) is 27.3. The summed E-state index contributed by atoms with van der Waals surface area (Å²) in [4.78, 5) is 11.5. The highest BCUT2D eigenvalue weighted by Gasteiger charge is 2.44. The maximum Gasteiger partial charge on any atom is 0.318 e. The standard InChI is InChI=1S/C19H16N4O2/c20-14-15-11-12-19(23(24)25,22-17-9-5-2-6-10-17)13-18(15)21-16-7-3-1-4-8-16/h1-12,21-22H,13H2. The lowest BCUT2D eigenvalue weighted by Crippen LogP contribution is -2.46.